The molecule has 4 heteroatoms. The summed E-state index contributed by atoms with van der Waals surface area (Å²) in [5.41, 5.74) is 1.63. The van der Waals surface area contributed by atoms with E-state index in [1.54, 1.807) is 0 Å². The second-order valence-electron chi connectivity index (χ2n) is 4.41. The minimum Gasteiger partial charge on any atom is -0.361 e. The number of hydrogen-bond donors (Lipinski definition) is 3. The van der Waals surface area contributed by atoms with Gasteiger partial charge in [-0.3, -0.25) is 4.79 Å². The Balaban J connectivity index is 1.87. The molecule has 2 heterocycles. The van der Waals surface area contributed by atoms with Gasteiger partial charge >= 0.3 is 0 Å². The maximum Gasteiger partial charge on any atom is 0.253 e. The Bertz CT molecular complexity index is 540. The fourth-order valence-corrected chi connectivity index (χ4v) is 2.32. The highest BCUT2D eigenvalue weighted by Crippen LogP contribution is 2.17. The first-order valence-electron chi connectivity index (χ1n) is 5.92. The van der Waals surface area contributed by atoms with Crippen LogP contribution in [0.5, 0.6) is 0 Å². The van der Waals surface area contributed by atoms with E-state index in [2.05, 4.69) is 15.6 Å². The van der Waals surface area contributed by atoms with Crippen LogP contribution in [0.25, 0.3) is 10.9 Å². The Labute approximate surface area is 99.4 Å². The number of fused-ring (bicyclic) bond motifs is 1. The van der Waals surface area contributed by atoms with Gasteiger partial charge < -0.3 is 15.6 Å². The van der Waals surface area contributed by atoms with Crippen molar-refractivity contribution in [1.29, 1.82) is 0 Å². The summed E-state index contributed by atoms with van der Waals surface area (Å²) in [4.78, 5) is 15.3. The number of H-pyrrole nitrogens is 1. The molecule has 1 aromatic heterocycles. The summed E-state index contributed by atoms with van der Waals surface area (Å²) >= 11 is 0. The van der Waals surface area contributed by atoms with Crippen molar-refractivity contribution in [2.24, 2.45) is 0 Å². The molecule has 0 saturated carbocycles. The molecule has 1 atom stereocenters. The van der Waals surface area contributed by atoms with Gasteiger partial charge in [-0.2, -0.15) is 0 Å². The standard InChI is InChI=1S/C13H15N3O/c17-13(16-10-5-6-14-8-10)11-3-1-2-9-4-7-15-12(9)11/h1-4,7,10,14-15H,5-6,8H2,(H,16,17)/t10-/m1/s1. The van der Waals surface area contributed by atoms with Gasteiger partial charge in [-0.1, -0.05) is 12.1 Å². The molecule has 1 fully saturated rings. The van der Waals surface area contributed by atoms with E-state index in [0.29, 0.717) is 0 Å². The van der Waals surface area contributed by atoms with Crippen LogP contribution in [-0.2, 0) is 0 Å². The summed E-state index contributed by atoms with van der Waals surface area (Å²) in [6, 6.07) is 8.00. The molecule has 0 radical (unpaired) electrons. The van der Waals surface area contributed by atoms with Crippen LogP contribution in [0.1, 0.15) is 16.8 Å². The Kier molecular flexibility index (Phi) is 2.57. The van der Waals surface area contributed by atoms with Crippen molar-refractivity contribution in [3.8, 4) is 0 Å². The number of amides is 1. The van der Waals surface area contributed by atoms with E-state index in [1.165, 1.54) is 0 Å². The first kappa shape index (κ1) is 10.4. The molecule has 1 amide bonds. The zero-order chi connectivity index (χ0) is 11.7. The summed E-state index contributed by atoms with van der Waals surface area (Å²) in [6.45, 7) is 1.85. The lowest BCUT2D eigenvalue weighted by atomic mass is 10.1. The van der Waals surface area contributed by atoms with Gasteiger partial charge in [0.1, 0.15) is 0 Å². The van der Waals surface area contributed by atoms with Crippen molar-refractivity contribution in [2.45, 2.75) is 12.5 Å². The second kappa shape index (κ2) is 4.22. The van der Waals surface area contributed by atoms with E-state index in [0.717, 1.165) is 36.0 Å². The molecule has 4 nitrogen and oxygen atoms in total. The van der Waals surface area contributed by atoms with Gasteiger partial charge in [0.2, 0.25) is 0 Å². The molecular formula is C13H15N3O. The van der Waals surface area contributed by atoms with Crippen molar-refractivity contribution in [3.63, 3.8) is 0 Å². The normalized spacial score (nSPS) is 19.6. The maximum absolute atomic E-state index is 12.2. The summed E-state index contributed by atoms with van der Waals surface area (Å²) in [7, 11) is 0. The number of hydrogen-bond acceptors (Lipinski definition) is 2. The predicted molar refractivity (Wildman–Crippen MR) is 67.0 cm³/mol. The van der Waals surface area contributed by atoms with Gasteiger partial charge in [0.15, 0.2) is 0 Å². The first-order chi connectivity index (χ1) is 8.34. The number of aromatic nitrogens is 1. The van der Waals surface area contributed by atoms with Crippen molar-refractivity contribution in [2.75, 3.05) is 13.1 Å². The average Bonchev–Trinajstić information content (AvgIpc) is 2.97. The monoisotopic (exact) mass is 229 g/mol. The first-order valence-corrected chi connectivity index (χ1v) is 5.92. The molecule has 17 heavy (non-hydrogen) atoms. The molecule has 0 unspecified atom stereocenters. The second-order valence-corrected chi connectivity index (χ2v) is 4.41. The fourth-order valence-electron chi connectivity index (χ4n) is 2.32. The minimum atomic E-state index is 0.00625. The molecule has 1 aromatic carbocycles. The number of rotatable bonds is 2. The van der Waals surface area contributed by atoms with Crippen LogP contribution in [0.3, 0.4) is 0 Å². The summed E-state index contributed by atoms with van der Waals surface area (Å²) in [5, 5.41) is 7.37. The zero-order valence-electron chi connectivity index (χ0n) is 9.49. The SMILES string of the molecule is O=C(N[C@@H]1CCNC1)c1cccc2cc[nH]c12. The third-order valence-corrected chi connectivity index (χ3v) is 3.23. The Hall–Kier alpha value is -1.81. The zero-order valence-corrected chi connectivity index (χ0v) is 9.49. The van der Waals surface area contributed by atoms with Gasteiger partial charge in [-0.25, -0.2) is 0 Å². The Morgan fingerprint density at radius 2 is 2.29 bits per heavy atom. The highest BCUT2D eigenvalue weighted by Gasteiger charge is 2.18. The lowest BCUT2D eigenvalue weighted by molar-refractivity contribution is 0.0941. The lowest BCUT2D eigenvalue weighted by Gasteiger charge is -2.11. The predicted octanol–water partition coefficient (Wildman–Crippen LogP) is 1.26. The third kappa shape index (κ3) is 1.91. The quantitative estimate of drug-likeness (QED) is 0.726. The number of aromatic amines is 1. The van der Waals surface area contributed by atoms with E-state index < -0.39 is 0 Å². The lowest BCUT2D eigenvalue weighted by Crippen LogP contribution is -2.36. The topological polar surface area (TPSA) is 56.9 Å². The smallest absolute Gasteiger partial charge is 0.253 e. The van der Waals surface area contributed by atoms with Crippen LogP contribution in [-0.4, -0.2) is 30.0 Å². The fraction of sp³-hybridized carbons (Fsp3) is 0.308. The highest BCUT2D eigenvalue weighted by molar-refractivity contribution is 6.05. The number of para-hydroxylation sites is 1. The largest absolute Gasteiger partial charge is 0.361 e. The number of benzene rings is 1. The maximum atomic E-state index is 12.2. The molecule has 3 N–H and O–H groups in total. The molecule has 0 bridgehead atoms. The van der Waals surface area contributed by atoms with Gasteiger partial charge in [0, 0.05) is 24.2 Å². The van der Waals surface area contributed by atoms with Crippen LogP contribution >= 0.6 is 0 Å². The van der Waals surface area contributed by atoms with Crippen molar-refractivity contribution >= 4 is 16.8 Å². The van der Waals surface area contributed by atoms with Crippen LogP contribution < -0.4 is 10.6 Å². The van der Waals surface area contributed by atoms with Crippen molar-refractivity contribution in [3.05, 3.63) is 36.0 Å². The molecule has 0 spiro atoms. The van der Waals surface area contributed by atoms with E-state index in [-0.39, 0.29) is 11.9 Å². The summed E-state index contributed by atoms with van der Waals surface area (Å²) in [6.07, 6.45) is 2.87. The summed E-state index contributed by atoms with van der Waals surface area (Å²) < 4.78 is 0. The van der Waals surface area contributed by atoms with Crippen LogP contribution in [0.4, 0.5) is 0 Å². The van der Waals surface area contributed by atoms with E-state index in [1.807, 2.05) is 30.5 Å². The highest BCUT2D eigenvalue weighted by atomic mass is 16.1. The van der Waals surface area contributed by atoms with E-state index in [4.69, 9.17) is 0 Å². The van der Waals surface area contributed by atoms with Crippen LogP contribution in [0.15, 0.2) is 30.5 Å². The average molecular weight is 229 g/mol. The van der Waals surface area contributed by atoms with Crippen molar-refractivity contribution < 1.29 is 4.79 Å². The van der Waals surface area contributed by atoms with Crippen molar-refractivity contribution in [1.82, 2.24) is 15.6 Å². The molecule has 0 aliphatic carbocycles. The Morgan fingerprint density at radius 1 is 1.35 bits per heavy atom. The minimum absolute atomic E-state index is 0.00625. The number of nitrogens with one attached hydrogen (secondary N) is 3. The molecule has 1 aliphatic rings. The third-order valence-electron chi connectivity index (χ3n) is 3.23. The van der Waals surface area contributed by atoms with Gasteiger partial charge in [-0.05, 0) is 25.1 Å². The van der Waals surface area contributed by atoms with Gasteiger partial charge in [-0.15, -0.1) is 0 Å². The molecule has 1 aliphatic heterocycles. The van der Waals surface area contributed by atoms with Crippen LogP contribution in [0.2, 0.25) is 0 Å². The number of carbonyl (C=O) groups is 1. The molecule has 1 saturated heterocycles. The number of carbonyl (C=O) groups excluding carboxylic acids is 1. The van der Waals surface area contributed by atoms with Gasteiger partial charge in [0.25, 0.3) is 5.91 Å². The molecule has 2 aromatic rings. The van der Waals surface area contributed by atoms with E-state index in [9.17, 15) is 4.79 Å². The molecular weight excluding hydrogens is 214 g/mol. The molecule has 3 rings (SSSR count). The van der Waals surface area contributed by atoms with Crippen LogP contribution in [0, 0.1) is 0 Å². The summed E-state index contributed by atoms with van der Waals surface area (Å²) in [5.74, 6) is 0.00625. The Morgan fingerprint density at radius 3 is 3.12 bits per heavy atom. The van der Waals surface area contributed by atoms with E-state index >= 15 is 0 Å². The van der Waals surface area contributed by atoms with Gasteiger partial charge in [0.05, 0.1) is 11.1 Å². The molecule has 88 valence electrons.